The minimum Gasteiger partial charge on any atom is -0.508 e. The summed E-state index contributed by atoms with van der Waals surface area (Å²) in [5.41, 5.74) is -0.0744. The molecule has 23 heavy (non-hydrogen) atoms. The summed E-state index contributed by atoms with van der Waals surface area (Å²) < 4.78 is 5.50. The standard InChI is InChI=1S/C18H21NO4/c1-11(12-5-3-2-4-6-12)19-18(22)17-10-15(21)14-8-7-13(20)9-16(14)23-17/h7-12,20H,2-6H2,1H3,(H,19,22)/t11-/m0/s1. The van der Waals surface area contributed by atoms with Crippen LogP contribution in [0, 0.1) is 5.92 Å². The maximum atomic E-state index is 12.4. The smallest absolute Gasteiger partial charge is 0.287 e. The molecule has 1 aromatic carbocycles. The van der Waals surface area contributed by atoms with Crippen LogP contribution in [0.25, 0.3) is 11.0 Å². The van der Waals surface area contributed by atoms with Gasteiger partial charge in [0, 0.05) is 18.2 Å². The van der Waals surface area contributed by atoms with Crippen LogP contribution in [0.2, 0.25) is 0 Å². The number of phenolic OH excluding ortho intramolecular Hbond substituents is 1. The SMILES string of the molecule is C[C@H](NC(=O)c1cc(=O)c2ccc(O)cc2o1)C1CCCCC1. The molecular formula is C18H21NO4. The molecule has 1 aliphatic carbocycles. The number of rotatable bonds is 3. The fourth-order valence-electron chi connectivity index (χ4n) is 3.29. The van der Waals surface area contributed by atoms with Gasteiger partial charge in [-0.15, -0.1) is 0 Å². The predicted octanol–water partition coefficient (Wildman–Crippen LogP) is 3.20. The minimum absolute atomic E-state index is 0.00576. The summed E-state index contributed by atoms with van der Waals surface area (Å²) in [6, 6.07) is 5.51. The largest absolute Gasteiger partial charge is 0.508 e. The van der Waals surface area contributed by atoms with E-state index in [-0.39, 0.29) is 34.5 Å². The average Bonchev–Trinajstić information content (AvgIpc) is 2.55. The molecule has 1 atom stereocenters. The zero-order valence-corrected chi connectivity index (χ0v) is 13.2. The minimum atomic E-state index is -0.384. The van der Waals surface area contributed by atoms with Gasteiger partial charge in [-0.25, -0.2) is 0 Å². The van der Waals surface area contributed by atoms with Crippen molar-refractivity contribution in [2.45, 2.75) is 45.1 Å². The van der Waals surface area contributed by atoms with Gasteiger partial charge in [-0.3, -0.25) is 9.59 Å². The number of carbonyl (C=O) groups excluding carboxylic acids is 1. The van der Waals surface area contributed by atoms with E-state index in [9.17, 15) is 14.7 Å². The molecule has 1 saturated carbocycles. The number of nitrogens with one attached hydrogen (secondary N) is 1. The van der Waals surface area contributed by atoms with Crippen molar-refractivity contribution in [2.75, 3.05) is 0 Å². The molecule has 122 valence electrons. The molecule has 0 bridgehead atoms. The van der Waals surface area contributed by atoms with E-state index >= 15 is 0 Å². The molecule has 1 fully saturated rings. The lowest BCUT2D eigenvalue weighted by molar-refractivity contribution is 0.0891. The first kappa shape index (κ1) is 15.6. The van der Waals surface area contributed by atoms with E-state index in [0.29, 0.717) is 11.3 Å². The molecule has 0 radical (unpaired) electrons. The molecule has 5 nitrogen and oxygen atoms in total. The van der Waals surface area contributed by atoms with E-state index in [0.717, 1.165) is 12.8 Å². The van der Waals surface area contributed by atoms with Gasteiger partial charge >= 0.3 is 0 Å². The van der Waals surface area contributed by atoms with E-state index in [4.69, 9.17) is 4.42 Å². The number of hydrogen-bond donors (Lipinski definition) is 2. The van der Waals surface area contributed by atoms with Crippen molar-refractivity contribution < 1.29 is 14.3 Å². The fraction of sp³-hybridized carbons (Fsp3) is 0.444. The second-order valence-corrected chi connectivity index (χ2v) is 6.32. The molecule has 5 heteroatoms. The Kier molecular flexibility index (Phi) is 4.37. The first-order valence-electron chi connectivity index (χ1n) is 8.12. The Hall–Kier alpha value is -2.30. The summed E-state index contributed by atoms with van der Waals surface area (Å²) in [5.74, 6) is 0.0684. The second-order valence-electron chi connectivity index (χ2n) is 6.32. The number of fused-ring (bicyclic) bond motifs is 1. The summed E-state index contributed by atoms with van der Waals surface area (Å²) in [5, 5.41) is 12.8. The van der Waals surface area contributed by atoms with Crippen molar-refractivity contribution in [3.05, 3.63) is 40.2 Å². The molecule has 1 heterocycles. The number of aromatic hydroxyl groups is 1. The number of phenols is 1. The van der Waals surface area contributed by atoms with Crippen LogP contribution in [0.5, 0.6) is 5.75 Å². The van der Waals surface area contributed by atoms with Crippen molar-refractivity contribution in [3.8, 4) is 5.75 Å². The third kappa shape index (κ3) is 3.38. The van der Waals surface area contributed by atoms with E-state index in [2.05, 4.69) is 5.32 Å². The monoisotopic (exact) mass is 315 g/mol. The van der Waals surface area contributed by atoms with Crippen LogP contribution in [0.1, 0.15) is 49.6 Å². The van der Waals surface area contributed by atoms with Crippen molar-refractivity contribution >= 4 is 16.9 Å². The Morgan fingerprint density at radius 3 is 2.74 bits per heavy atom. The number of carbonyl (C=O) groups is 1. The van der Waals surface area contributed by atoms with Crippen LogP contribution in [0.15, 0.2) is 33.5 Å². The number of amides is 1. The van der Waals surface area contributed by atoms with Gasteiger partial charge in [0.15, 0.2) is 11.2 Å². The Bertz CT molecular complexity index is 774. The topological polar surface area (TPSA) is 79.5 Å². The van der Waals surface area contributed by atoms with Crippen LogP contribution < -0.4 is 10.7 Å². The fourth-order valence-corrected chi connectivity index (χ4v) is 3.29. The van der Waals surface area contributed by atoms with E-state index in [1.54, 1.807) is 0 Å². The maximum Gasteiger partial charge on any atom is 0.287 e. The highest BCUT2D eigenvalue weighted by molar-refractivity contribution is 5.93. The van der Waals surface area contributed by atoms with Gasteiger partial charge in [-0.2, -0.15) is 0 Å². The predicted molar refractivity (Wildman–Crippen MR) is 87.7 cm³/mol. The van der Waals surface area contributed by atoms with Gasteiger partial charge in [0.05, 0.1) is 5.39 Å². The molecule has 2 N–H and O–H groups in total. The van der Waals surface area contributed by atoms with E-state index < -0.39 is 0 Å². The molecule has 0 saturated heterocycles. The van der Waals surface area contributed by atoms with Crippen molar-refractivity contribution in [2.24, 2.45) is 5.92 Å². The quantitative estimate of drug-likeness (QED) is 0.911. The molecule has 2 aromatic rings. The Labute approximate surface area is 134 Å². The molecule has 0 aliphatic heterocycles. The lowest BCUT2D eigenvalue weighted by Crippen LogP contribution is -2.39. The number of hydrogen-bond acceptors (Lipinski definition) is 4. The van der Waals surface area contributed by atoms with Crippen molar-refractivity contribution in [1.29, 1.82) is 0 Å². The molecule has 1 aromatic heterocycles. The zero-order chi connectivity index (χ0) is 16.4. The number of benzene rings is 1. The summed E-state index contributed by atoms with van der Waals surface area (Å²) >= 11 is 0. The van der Waals surface area contributed by atoms with E-state index in [1.807, 2.05) is 6.92 Å². The molecule has 0 unspecified atom stereocenters. The van der Waals surface area contributed by atoms with Crippen LogP contribution in [-0.2, 0) is 0 Å². The first-order chi connectivity index (χ1) is 11.0. The van der Waals surface area contributed by atoms with Crippen LogP contribution in [0.4, 0.5) is 0 Å². The van der Waals surface area contributed by atoms with Gasteiger partial charge in [0.1, 0.15) is 11.3 Å². The van der Waals surface area contributed by atoms with Gasteiger partial charge in [-0.05, 0) is 37.8 Å². The van der Waals surface area contributed by atoms with Crippen molar-refractivity contribution in [1.82, 2.24) is 5.32 Å². The lowest BCUT2D eigenvalue weighted by atomic mass is 9.84. The van der Waals surface area contributed by atoms with Crippen LogP contribution in [0.3, 0.4) is 0 Å². The highest BCUT2D eigenvalue weighted by Crippen LogP contribution is 2.26. The molecule has 1 aliphatic rings. The third-order valence-corrected chi connectivity index (χ3v) is 4.65. The van der Waals surface area contributed by atoms with E-state index in [1.165, 1.54) is 43.5 Å². The summed E-state index contributed by atoms with van der Waals surface area (Å²) in [7, 11) is 0. The summed E-state index contributed by atoms with van der Waals surface area (Å²) in [6.07, 6.45) is 5.92. The Balaban J connectivity index is 1.81. The summed E-state index contributed by atoms with van der Waals surface area (Å²) in [6.45, 7) is 2.00. The third-order valence-electron chi connectivity index (χ3n) is 4.65. The Morgan fingerprint density at radius 2 is 2.00 bits per heavy atom. The van der Waals surface area contributed by atoms with Gasteiger partial charge in [0.25, 0.3) is 5.91 Å². The average molecular weight is 315 g/mol. The maximum absolute atomic E-state index is 12.4. The molecule has 1 amide bonds. The normalized spacial score (nSPS) is 17.1. The second kappa shape index (κ2) is 6.44. The van der Waals surface area contributed by atoms with Gasteiger partial charge in [0.2, 0.25) is 0 Å². The Morgan fingerprint density at radius 1 is 1.26 bits per heavy atom. The van der Waals surface area contributed by atoms with Gasteiger partial charge in [-0.1, -0.05) is 19.3 Å². The first-order valence-corrected chi connectivity index (χ1v) is 8.12. The van der Waals surface area contributed by atoms with Crippen LogP contribution in [-0.4, -0.2) is 17.1 Å². The highest BCUT2D eigenvalue weighted by atomic mass is 16.3. The van der Waals surface area contributed by atoms with Crippen molar-refractivity contribution in [3.63, 3.8) is 0 Å². The molecule has 0 spiro atoms. The van der Waals surface area contributed by atoms with Crippen LogP contribution >= 0.6 is 0 Å². The lowest BCUT2D eigenvalue weighted by Gasteiger charge is -2.28. The molecule has 3 rings (SSSR count). The van der Waals surface area contributed by atoms with Gasteiger partial charge < -0.3 is 14.8 Å². The zero-order valence-electron chi connectivity index (χ0n) is 13.2. The molecular weight excluding hydrogens is 294 g/mol. The highest BCUT2D eigenvalue weighted by Gasteiger charge is 2.23. The summed E-state index contributed by atoms with van der Waals surface area (Å²) in [4.78, 5) is 24.5.